The van der Waals surface area contributed by atoms with Crippen molar-refractivity contribution >= 4 is 11.7 Å². The minimum Gasteiger partial charge on any atom is -0.505 e. The van der Waals surface area contributed by atoms with Crippen molar-refractivity contribution in [1.82, 2.24) is 4.98 Å². The van der Waals surface area contributed by atoms with E-state index < -0.39 is 30.3 Å². The zero-order chi connectivity index (χ0) is 11.6. The fourth-order valence-corrected chi connectivity index (χ4v) is 1.07. The van der Waals surface area contributed by atoms with Crippen LogP contribution in [0.25, 0.3) is 0 Å². The van der Waals surface area contributed by atoms with Crippen molar-refractivity contribution in [3.05, 3.63) is 17.5 Å². The maximum Gasteiger partial charge on any atom is 0.308 e. The lowest BCUT2D eigenvalue weighted by Crippen LogP contribution is -2.06. The van der Waals surface area contributed by atoms with Crippen LogP contribution in [-0.2, 0) is 11.2 Å². The molecule has 1 aromatic rings. The van der Waals surface area contributed by atoms with Crippen molar-refractivity contribution in [3.8, 4) is 5.75 Å². The van der Waals surface area contributed by atoms with Gasteiger partial charge in [0.1, 0.15) is 11.4 Å². The van der Waals surface area contributed by atoms with Gasteiger partial charge in [-0.1, -0.05) is 0 Å². The number of hydrogen-bond acceptors (Lipinski definition) is 4. The Morgan fingerprint density at radius 1 is 1.60 bits per heavy atom. The maximum absolute atomic E-state index is 12.3. The maximum atomic E-state index is 12.3. The average Bonchev–Trinajstić information content (AvgIpc) is 2.11. The number of aromatic nitrogens is 1. The number of hydrogen-bond donors (Lipinski definition) is 3. The molecule has 15 heavy (non-hydrogen) atoms. The first-order valence-corrected chi connectivity index (χ1v) is 3.89. The second-order valence-corrected chi connectivity index (χ2v) is 2.80. The van der Waals surface area contributed by atoms with Gasteiger partial charge in [-0.25, -0.2) is 13.8 Å². The molecule has 4 N–H and O–H groups in total. The molecule has 0 radical (unpaired) electrons. The minimum absolute atomic E-state index is 0.126. The van der Waals surface area contributed by atoms with Gasteiger partial charge in [-0.15, -0.1) is 0 Å². The Kier molecular flexibility index (Phi) is 3.03. The van der Waals surface area contributed by atoms with Crippen LogP contribution in [0.1, 0.15) is 17.7 Å². The molecular formula is C8H8F2N2O3. The Morgan fingerprint density at radius 3 is 2.67 bits per heavy atom. The Balaban J connectivity index is 3.23. The van der Waals surface area contributed by atoms with Gasteiger partial charge >= 0.3 is 5.97 Å². The van der Waals surface area contributed by atoms with Crippen LogP contribution < -0.4 is 5.73 Å². The predicted octanol–water partition coefficient (Wildman–Crippen LogP) is 0.934. The van der Waals surface area contributed by atoms with Crippen molar-refractivity contribution in [2.24, 2.45) is 0 Å². The van der Waals surface area contributed by atoms with Gasteiger partial charge in [0.25, 0.3) is 6.43 Å². The third-order valence-corrected chi connectivity index (χ3v) is 1.75. The summed E-state index contributed by atoms with van der Waals surface area (Å²) in [5, 5.41) is 17.8. The van der Waals surface area contributed by atoms with Crippen LogP contribution in [-0.4, -0.2) is 21.2 Å². The molecule has 0 aliphatic rings. The molecule has 7 heteroatoms. The summed E-state index contributed by atoms with van der Waals surface area (Å²) in [5.74, 6) is -2.13. The third kappa shape index (κ3) is 2.30. The average molecular weight is 218 g/mol. The molecule has 0 atom stereocenters. The van der Waals surface area contributed by atoms with E-state index in [0.717, 1.165) is 6.20 Å². The van der Waals surface area contributed by atoms with Gasteiger partial charge in [0.2, 0.25) is 0 Å². The van der Waals surface area contributed by atoms with E-state index in [1.165, 1.54) is 0 Å². The van der Waals surface area contributed by atoms with Crippen molar-refractivity contribution in [3.63, 3.8) is 0 Å². The van der Waals surface area contributed by atoms with E-state index in [1.807, 2.05) is 0 Å². The van der Waals surface area contributed by atoms with Crippen LogP contribution in [0.5, 0.6) is 5.75 Å². The summed E-state index contributed by atoms with van der Waals surface area (Å²) in [6, 6.07) is 0. The van der Waals surface area contributed by atoms with Crippen LogP contribution in [0.4, 0.5) is 14.5 Å². The molecule has 1 heterocycles. The van der Waals surface area contributed by atoms with Crippen LogP contribution in [0.2, 0.25) is 0 Å². The van der Waals surface area contributed by atoms with Crippen molar-refractivity contribution in [1.29, 1.82) is 0 Å². The topological polar surface area (TPSA) is 96.4 Å². The smallest absolute Gasteiger partial charge is 0.308 e. The molecule has 1 rings (SSSR count). The second-order valence-electron chi connectivity index (χ2n) is 2.80. The Hall–Kier alpha value is -1.92. The third-order valence-electron chi connectivity index (χ3n) is 1.75. The van der Waals surface area contributed by atoms with E-state index in [0.29, 0.717) is 0 Å². The second kappa shape index (κ2) is 4.07. The number of rotatable bonds is 3. The molecule has 0 bridgehead atoms. The van der Waals surface area contributed by atoms with Crippen molar-refractivity contribution in [2.45, 2.75) is 12.8 Å². The summed E-state index contributed by atoms with van der Waals surface area (Å²) in [6.07, 6.45) is -2.70. The quantitative estimate of drug-likeness (QED) is 0.701. The molecule has 0 fully saturated rings. The highest BCUT2D eigenvalue weighted by molar-refractivity contribution is 5.74. The fourth-order valence-electron chi connectivity index (χ4n) is 1.07. The number of carbonyl (C=O) groups is 1. The van der Waals surface area contributed by atoms with E-state index in [-0.39, 0.29) is 11.3 Å². The monoisotopic (exact) mass is 218 g/mol. The largest absolute Gasteiger partial charge is 0.505 e. The number of halogens is 2. The number of carboxylic acids is 1. The molecule has 0 aliphatic carbocycles. The minimum atomic E-state index is -2.97. The first-order valence-electron chi connectivity index (χ1n) is 3.89. The molecule has 0 aromatic carbocycles. The van der Waals surface area contributed by atoms with Crippen LogP contribution >= 0.6 is 0 Å². The molecular weight excluding hydrogens is 210 g/mol. The van der Waals surface area contributed by atoms with Gasteiger partial charge in [-0.2, -0.15) is 0 Å². The van der Waals surface area contributed by atoms with Crippen LogP contribution in [0.3, 0.4) is 0 Å². The Morgan fingerprint density at radius 2 is 2.20 bits per heavy atom. The van der Waals surface area contributed by atoms with Crippen LogP contribution in [0, 0.1) is 0 Å². The first-order chi connectivity index (χ1) is 6.93. The highest BCUT2D eigenvalue weighted by atomic mass is 19.3. The number of nitrogens with two attached hydrogens (primary N) is 1. The van der Waals surface area contributed by atoms with E-state index in [2.05, 4.69) is 4.98 Å². The molecule has 0 saturated carbocycles. The molecule has 0 unspecified atom stereocenters. The van der Waals surface area contributed by atoms with Gasteiger partial charge in [0, 0.05) is 5.56 Å². The number of pyridine rings is 1. The Bertz CT molecular complexity index is 396. The lowest BCUT2D eigenvalue weighted by atomic mass is 10.1. The number of aromatic hydroxyl groups is 1. The van der Waals surface area contributed by atoms with Gasteiger partial charge in [-0.05, 0) is 0 Å². The number of aliphatic carboxylic acids is 1. The summed E-state index contributed by atoms with van der Waals surface area (Å²) >= 11 is 0. The zero-order valence-electron chi connectivity index (χ0n) is 7.44. The van der Waals surface area contributed by atoms with Crippen LogP contribution in [0.15, 0.2) is 6.20 Å². The highest BCUT2D eigenvalue weighted by Gasteiger charge is 2.20. The highest BCUT2D eigenvalue weighted by Crippen LogP contribution is 2.32. The molecule has 0 aliphatic heterocycles. The predicted molar refractivity (Wildman–Crippen MR) is 46.6 cm³/mol. The summed E-state index contributed by atoms with van der Waals surface area (Å²) in [7, 11) is 0. The number of carboxylic acid groups (broad SMARTS) is 1. The lowest BCUT2D eigenvalue weighted by Gasteiger charge is -2.09. The standard InChI is InChI=1S/C8H8F2N2O3/c9-8(10)6-7(15)3(1-5(13)14)4(11)2-12-6/h2,8,15H,1,11H2,(H,13,14). The lowest BCUT2D eigenvalue weighted by molar-refractivity contribution is -0.136. The zero-order valence-corrected chi connectivity index (χ0v) is 7.44. The van der Waals surface area contributed by atoms with E-state index in [9.17, 15) is 18.7 Å². The van der Waals surface area contributed by atoms with Gasteiger partial charge in [-0.3, -0.25) is 4.79 Å². The summed E-state index contributed by atoms with van der Waals surface area (Å²) < 4.78 is 24.5. The number of nitrogens with zero attached hydrogens (tertiary/aromatic N) is 1. The summed E-state index contributed by atoms with van der Waals surface area (Å²) in [5.41, 5.74) is 4.08. The molecule has 82 valence electrons. The fraction of sp³-hybridized carbons (Fsp3) is 0.250. The molecule has 1 aromatic heterocycles. The normalized spacial score (nSPS) is 10.6. The SMILES string of the molecule is Nc1cnc(C(F)F)c(O)c1CC(=O)O. The molecule has 0 amide bonds. The molecule has 5 nitrogen and oxygen atoms in total. The van der Waals surface area contributed by atoms with E-state index >= 15 is 0 Å². The van der Waals surface area contributed by atoms with Gasteiger partial charge < -0.3 is 15.9 Å². The Labute approximate surface area is 83.2 Å². The number of anilines is 1. The number of nitrogen functional groups attached to an aromatic ring is 1. The summed E-state index contributed by atoms with van der Waals surface area (Å²) in [6.45, 7) is 0. The number of alkyl halides is 2. The molecule has 0 spiro atoms. The molecule has 0 saturated heterocycles. The summed E-state index contributed by atoms with van der Waals surface area (Å²) in [4.78, 5) is 13.6. The van der Waals surface area contributed by atoms with E-state index in [1.54, 1.807) is 0 Å². The van der Waals surface area contributed by atoms with Crippen molar-refractivity contribution < 1.29 is 23.8 Å². The van der Waals surface area contributed by atoms with Gasteiger partial charge in [0.05, 0.1) is 18.3 Å². The van der Waals surface area contributed by atoms with Gasteiger partial charge in [0.15, 0.2) is 0 Å². The van der Waals surface area contributed by atoms with Crippen molar-refractivity contribution in [2.75, 3.05) is 5.73 Å². The van der Waals surface area contributed by atoms with E-state index in [4.69, 9.17) is 10.8 Å². The first kappa shape index (κ1) is 11.2.